The molecular weight excluding hydrogens is 448 g/mol. The van der Waals surface area contributed by atoms with E-state index in [2.05, 4.69) is 15.0 Å². The van der Waals surface area contributed by atoms with Gasteiger partial charge in [-0.05, 0) is 36.4 Å². The standard InChI is InChI=1S/C20H13F2N3O6S/c21-19(22)31-11-5-7-13-17(9-11)32-20(23-13)24-18(26)16-8-6-12(30-16)10-29-15-4-2-1-3-14(15)25(27)28/h1-9,19H,10H2,(H,23,24,26). The van der Waals surface area contributed by atoms with E-state index < -0.39 is 17.4 Å². The molecule has 0 spiro atoms. The van der Waals surface area contributed by atoms with Crippen molar-refractivity contribution in [3.8, 4) is 11.5 Å². The van der Waals surface area contributed by atoms with Gasteiger partial charge in [0.15, 0.2) is 16.6 Å². The minimum atomic E-state index is -2.94. The summed E-state index contributed by atoms with van der Waals surface area (Å²) in [7, 11) is 0. The number of carbonyl (C=O) groups excluding carboxylic acids is 1. The van der Waals surface area contributed by atoms with E-state index >= 15 is 0 Å². The van der Waals surface area contributed by atoms with Crippen molar-refractivity contribution in [3.63, 3.8) is 0 Å². The van der Waals surface area contributed by atoms with E-state index in [1.807, 2.05) is 0 Å². The first-order valence-corrected chi connectivity index (χ1v) is 9.82. The summed E-state index contributed by atoms with van der Waals surface area (Å²) in [6.45, 7) is -3.06. The highest BCUT2D eigenvalue weighted by molar-refractivity contribution is 7.22. The maximum absolute atomic E-state index is 12.4. The summed E-state index contributed by atoms with van der Waals surface area (Å²) in [6, 6.07) is 13.1. The third-order valence-corrected chi connectivity index (χ3v) is 5.06. The number of halogens is 2. The zero-order valence-electron chi connectivity index (χ0n) is 16.0. The molecule has 1 N–H and O–H groups in total. The van der Waals surface area contributed by atoms with Crippen LogP contribution in [0.5, 0.6) is 11.5 Å². The van der Waals surface area contributed by atoms with Crippen LogP contribution in [-0.2, 0) is 6.61 Å². The van der Waals surface area contributed by atoms with Gasteiger partial charge in [-0.2, -0.15) is 8.78 Å². The summed E-state index contributed by atoms with van der Waals surface area (Å²) < 4.78 is 40.5. The van der Waals surface area contributed by atoms with E-state index in [-0.39, 0.29) is 40.4 Å². The lowest BCUT2D eigenvalue weighted by atomic mass is 10.3. The van der Waals surface area contributed by atoms with Crippen molar-refractivity contribution >= 4 is 38.3 Å². The first kappa shape index (κ1) is 21.2. The quantitative estimate of drug-likeness (QED) is 0.282. The lowest BCUT2D eigenvalue weighted by molar-refractivity contribution is -0.386. The highest BCUT2D eigenvalue weighted by Gasteiger charge is 2.17. The number of aromatic nitrogens is 1. The summed E-state index contributed by atoms with van der Waals surface area (Å²) in [6.07, 6.45) is 0. The zero-order chi connectivity index (χ0) is 22.7. The Morgan fingerprint density at radius 3 is 2.81 bits per heavy atom. The third kappa shape index (κ3) is 4.81. The van der Waals surface area contributed by atoms with Gasteiger partial charge in [0.25, 0.3) is 5.91 Å². The molecule has 0 aliphatic carbocycles. The van der Waals surface area contributed by atoms with E-state index in [9.17, 15) is 23.7 Å². The molecule has 164 valence electrons. The fourth-order valence-electron chi connectivity index (χ4n) is 2.75. The highest BCUT2D eigenvalue weighted by Crippen LogP contribution is 2.30. The molecular formula is C20H13F2N3O6S. The Labute approximate surface area is 182 Å². The number of nitrogens with one attached hydrogen (secondary N) is 1. The molecule has 0 fully saturated rings. The normalized spacial score (nSPS) is 11.0. The number of rotatable bonds is 8. The van der Waals surface area contributed by atoms with E-state index in [0.29, 0.717) is 10.2 Å². The van der Waals surface area contributed by atoms with Gasteiger partial charge in [0, 0.05) is 6.07 Å². The summed E-state index contributed by atoms with van der Waals surface area (Å²) in [5, 5.41) is 13.9. The van der Waals surface area contributed by atoms with Gasteiger partial charge in [-0.25, -0.2) is 4.98 Å². The van der Waals surface area contributed by atoms with Crippen LogP contribution in [0.1, 0.15) is 16.3 Å². The maximum Gasteiger partial charge on any atom is 0.387 e. The molecule has 0 bridgehead atoms. The van der Waals surface area contributed by atoms with Crippen LogP contribution < -0.4 is 14.8 Å². The van der Waals surface area contributed by atoms with Crippen LogP contribution >= 0.6 is 11.3 Å². The number of nitro benzene ring substituents is 1. The Balaban J connectivity index is 1.41. The van der Waals surface area contributed by atoms with Crippen LogP contribution in [0.15, 0.2) is 59.0 Å². The smallest absolute Gasteiger partial charge is 0.387 e. The monoisotopic (exact) mass is 461 g/mol. The molecule has 0 saturated carbocycles. The van der Waals surface area contributed by atoms with Gasteiger partial charge < -0.3 is 13.9 Å². The van der Waals surface area contributed by atoms with Crippen molar-refractivity contribution in [3.05, 3.63) is 76.2 Å². The van der Waals surface area contributed by atoms with Crippen molar-refractivity contribution in [2.45, 2.75) is 13.2 Å². The molecule has 9 nitrogen and oxygen atoms in total. The number of alkyl halides is 2. The largest absolute Gasteiger partial charge is 0.479 e. The van der Waals surface area contributed by atoms with Gasteiger partial charge in [-0.15, -0.1) is 0 Å². The number of anilines is 1. The number of nitrogens with zero attached hydrogens (tertiary/aromatic N) is 2. The molecule has 2 aromatic carbocycles. The number of carbonyl (C=O) groups is 1. The fourth-order valence-corrected chi connectivity index (χ4v) is 3.64. The van der Waals surface area contributed by atoms with Crippen molar-refractivity contribution in [2.24, 2.45) is 0 Å². The molecule has 0 unspecified atom stereocenters. The van der Waals surface area contributed by atoms with Crippen LogP contribution in [-0.4, -0.2) is 22.4 Å². The average Bonchev–Trinajstić information content (AvgIpc) is 3.38. The van der Waals surface area contributed by atoms with Crippen molar-refractivity contribution < 1.29 is 32.4 Å². The Bertz CT molecular complexity index is 1290. The number of nitro groups is 1. The highest BCUT2D eigenvalue weighted by atomic mass is 32.1. The number of ether oxygens (including phenoxy) is 2. The van der Waals surface area contributed by atoms with Crippen molar-refractivity contribution in [1.29, 1.82) is 0 Å². The molecule has 12 heteroatoms. The van der Waals surface area contributed by atoms with Crippen LogP contribution in [0.3, 0.4) is 0 Å². The fraction of sp³-hybridized carbons (Fsp3) is 0.100. The minimum absolute atomic E-state index is 0.0108. The Morgan fingerprint density at radius 2 is 2.03 bits per heavy atom. The Morgan fingerprint density at radius 1 is 1.22 bits per heavy atom. The topological polar surface area (TPSA) is 117 Å². The predicted octanol–water partition coefficient (Wildman–Crippen LogP) is 5.23. The molecule has 2 heterocycles. The van der Waals surface area contributed by atoms with Gasteiger partial charge in [-0.3, -0.25) is 20.2 Å². The second kappa shape index (κ2) is 8.98. The van der Waals surface area contributed by atoms with Gasteiger partial charge in [0.2, 0.25) is 0 Å². The molecule has 0 aliphatic rings. The number of fused-ring (bicyclic) bond motifs is 1. The minimum Gasteiger partial charge on any atom is -0.479 e. The number of hydrogen-bond donors (Lipinski definition) is 1. The SMILES string of the molecule is O=C(Nc1nc2ccc(OC(F)F)cc2s1)c1ccc(COc2ccccc2[N+](=O)[O-])o1. The summed E-state index contributed by atoms with van der Waals surface area (Å²) in [4.78, 5) is 27.1. The average molecular weight is 461 g/mol. The summed E-state index contributed by atoms with van der Waals surface area (Å²) >= 11 is 1.08. The van der Waals surface area contributed by atoms with E-state index in [1.54, 1.807) is 6.07 Å². The first-order valence-electron chi connectivity index (χ1n) is 9.01. The summed E-state index contributed by atoms with van der Waals surface area (Å²) in [5.74, 6) is -0.253. The third-order valence-electron chi connectivity index (χ3n) is 4.12. The molecule has 4 rings (SSSR count). The molecule has 0 atom stereocenters. The molecule has 0 radical (unpaired) electrons. The van der Waals surface area contributed by atoms with Gasteiger partial charge in [0.1, 0.15) is 18.1 Å². The van der Waals surface area contributed by atoms with E-state index in [1.165, 1.54) is 48.5 Å². The molecule has 4 aromatic rings. The molecule has 0 saturated heterocycles. The lowest BCUT2D eigenvalue weighted by Gasteiger charge is -2.04. The van der Waals surface area contributed by atoms with Gasteiger partial charge in [0.05, 0.1) is 15.1 Å². The Hall–Kier alpha value is -4.06. The zero-order valence-corrected chi connectivity index (χ0v) is 16.8. The van der Waals surface area contributed by atoms with Crippen LogP contribution in [0.4, 0.5) is 19.6 Å². The van der Waals surface area contributed by atoms with E-state index in [0.717, 1.165) is 11.3 Å². The van der Waals surface area contributed by atoms with Crippen LogP contribution in [0, 0.1) is 10.1 Å². The summed E-state index contributed by atoms with van der Waals surface area (Å²) in [5.41, 5.74) is 0.319. The van der Waals surface area contributed by atoms with Gasteiger partial charge in [-0.1, -0.05) is 23.5 Å². The number of benzene rings is 2. The molecule has 1 amide bonds. The van der Waals surface area contributed by atoms with Crippen molar-refractivity contribution in [2.75, 3.05) is 5.32 Å². The molecule has 0 aliphatic heterocycles. The number of furan rings is 1. The first-order chi connectivity index (χ1) is 15.4. The number of thiazole rings is 1. The lowest BCUT2D eigenvalue weighted by Crippen LogP contribution is -2.10. The second-order valence-corrected chi connectivity index (χ2v) is 7.29. The maximum atomic E-state index is 12.4. The van der Waals surface area contributed by atoms with Gasteiger partial charge >= 0.3 is 12.3 Å². The number of para-hydroxylation sites is 2. The van der Waals surface area contributed by atoms with Crippen molar-refractivity contribution in [1.82, 2.24) is 4.98 Å². The predicted molar refractivity (Wildman–Crippen MR) is 110 cm³/mol. The Kier molecular flexibility index (Phi) is 5.94. The number of hydrogen-bond acceptors (Lipinski definition) is 8. The van der Waals surface area contributed by atoms with E-state index in [4.69, 9.17) is 9.15 Å². The second-order valence-electron chi connectivity index (χ2n) is 6.26. The molecule has 2 aromatic heterocycles. The molecule has 32 heavy (non-hydrogen) atoms. The van der Waals surface area contributed by atoms with Crippen LogP contribution in [0.25, 0.3) is 10.2 Å². The number of amides is 1. The van der Waals surface area contributed by atoms with Crippen LogP contribution in [0.2, 0.25) is 0 Å².